The molecule has 0 radical (unpaired) electrons. The number of rotatable bonds is 4. The SMILES string of the molecule is Cc1noc(C)c1C(=O)N1CC[C@H](Oc2cccnc2N(C)C)C1. The molecule has 3 heterocycles. The first-order chi connectivity index (χ1) is 11.5. The van der Waals surface area contributed by atoms with Crippen molar-refractivity contribution in [3.05, 3.63) is 35.3 Å². The van der Waals surface area contributed by atoms with Crippen molar-refractivity contribution in [1.29, 1.82) is 0 Å². The molecule has 7 heteroatoms. The standard InChI is InChI=1S/C17H22N4O3/c1-11-15(12(2)24-19-11)17(22)21-9-7-13(10-21)23-14-6-5-8-18-16(14)20(3)4/h5-6,8,13H,7,9-10H2,1-4H3/t13-/m0/s1. The van der Waals surface area contributed by atoms with Crippen LogP contribution >= 0.6 is 0 Å². The number of likely N-dealkylation sites (tertiary alicyclic amines) is 1. The molecule has 1 amide bonds. The maximum absolute atomic E-state index is 12.7. The molecule has 1 aliphatic rings. The summed E-state index contributed by atoms with van der Waals surface area (Å²) in [5.74, 6) is 2.03. The number of aryl methyl sites for hydroxylation is 2. The van der Waals surface area contributed by atoms with E-state index in [-0.39, 0.29) is 12.0 Å². The van der Waals surface area contributed by atoms with Crippen molar-refractivity contribution in [2.75, 3.05) is 32.1 Å². The third-order valence-corrected chi connectivity index (χ3v) is 4.15. The largest absolute Gasteiger partial charge is 0.485 e. The molecule has 1 atom stereocenters. The van der Waals surface area contributed by atoms with Gasteiger partial charge >= 0.3 is 0 Å². The average molecular weight is 330 g/mol. The number of carbonyl (C=O) groups excluding carboxylic acids is 1. The third kappa shape index (κ3) is 3.06. The van der Waals surface area contributed by atoms with E-state index in [9.17, 15) is 4.79 Å². The van der Waals surface area contributed by atoms with Gasteiger partial charge in [0.2, 0.25) is 0 Å². The molecule has 0 aliphatic carbocycles. The molecule has 128 valence electrons. The molecular weight excluding hydrogens is 308 g/mol. The molecule has 7 nitrogen and oxygen atoms in total. The maximum atomic E-state index is 12.7. The lowest BCUT2D eigenvalue weighted by molar-refractivity contribution is 0.0770. The molecule has 0 spiro atoms. The van der Waals surface area contributed by atoms with Gasteiger partial charge in [0.05, 0.1) is 12.2 Å². The molecule has 24 heavy (non-hydrogen) atoms. The van der Waals surface area contributed by atoms with Gasteiger partial charge in [-0.2, -0.15) is 0 Å². The van der Waals surface area contributed by atoms with Crippen molar-refractivity contribution in [3.63, 3.8) is 0 Å². The molecular formula is C17H22N4O3. The summed E-state index contributed by atoms with van der Waals surface area (Å²) < 4.78 is 11.2. The van der Waals surface area contributed by atoms with Crippen molar-refractivity contribution in [3.8, 4) is 5.75 Å². The van der Waals surface area contributed by atoms with Crippen LogP contribution in [0.15, 0.2) is 22.9 Å². The van der Waals surface area contributed by atoms with Crippen LogP contribution in [-0.4, -0.2) is 54.2 Å². The summed E-state index contributed by atoms with van der Waals surface area (Å²) in [4.78, 5) is 20.7. The highest BCUT2D eigenvalue weighted by Gasteiger charge is 2.31. The lowest BCUT2D eigenvalue weighted by atomic mass is 10.2. The van der Waals surface area contributed by atoms with Crippen molar-refractivity contribution < 1.29 is 14.1 Å². The van der Waals surface area contributed by atoms with Crippen LogP contribution in [0.2, 0.25) is 0 Å². The van der Waals surface area contributed by atoms with Crippen molar-refractivity contribution in [2.45, 2.75) is 26.4 Å². The highest BCUT2D eigenvalue weighted by Crippen LogP contribution is 2.27. The van der Waals surface area contributed by atoms with Gasteiger partial charge in [-0.25, -0.2) is 4.98 Å². The fourth-order valence-electron chi connectivity index (χ4n) is 2.94. The van der Waals surface area contributed by atoms with E-state index >= 15 is 0 Å². The molecule has 0 N–H and O–H groups in total. The topological polar surface area (TPSA) is 71.7 Å². The van der Waals surface area contributed by atoms with Crippen LogP contribution in [0.5, 0.6) is 5.75 Å². The lowest BCUT2D eigenvalue weighted by Crippen LogP contribution is -2.31. The highest BCUT2D eigenvalue weighted by molar-refractivity contribution is 5.96. The monoisotopic (exact) mass is 330 g/mol. The van der Waals surface area contributed by atoms with Crippen LogP contribution < -0.4 is 9.64 Å². The summed E-state index contributed by atoms with van der Waals surface area (Å²) in [5.41, 5.74) is 1.19. The predicted molar refractivity (Wildman–Crippen MR) is 89.5 cm³/mol. The van der Waals surface area contributed by atoms with Crippen molar-refractivity contribution in [1.82, 2.24) is 15.0 Å². The number of pyridine rings is 1. The van der Waals surface area contributed by atoms with E-state index in [2.05, 4.69) is 10.1 Å². The van der Waals surface area contributed by atoms with Crippen LogP contribution in [0.4, 0.5) is 5.82 Å². The van der Waals surface area contributed by atoms with Gasteiger partial charge in [-0.3, -0.25) is 4.79 Å². The number of ether oxygens (including phenoxy) is 1. The van der Waals surface area contributed by atoms with E-state index in [1.54, 1.807) is 24.9 Å². The van der Waals surface area contributed by atoms with Gasteiger partial charge in [-0.15, -0.1) is 0 Å². The maximum Gasteiger partial charge on any atom is 0.259 e. The Morgan fingerprint density at radius 3 is 2.88 bits per heavy atom. The lowest BCUT2D eigenvalue weighted by Gasteiger charge is -2.20. The Bertz CT molecular complexity index is 722. The smallest absolute Gasteiger partial charge is 0.259 e. The van der Waals surface area contributed by atoms with Gasteiger partial charge in [0.15, 0.2) is 11.6 Å². The van der Waals surface area contributed by atoms with Gasteiger partial charge < -0.3 is 19.1 Å². The number of carbonyl (C=O) groups is 1. The summed E-state index contributed by atoms with van der Waals surface area (Å²) in [6, 6.07) is 3.76. The fraction of sp³-hybridized carbons (Fsp3) is 0.471. The molecule has 1 saturated heterocycles. The van der Waals surface area contributed by atoms with Crippen molar-refractivity contribution in [2.24, 2.45) is 0 Å². The Kier molecular flexibility index (Phi) is 4.42. The van der Waals surface area contributed by atoms with E-state index in [4.69, 9.17) is 9.26 Å². The van der Waals surface area contributed by atoms with E-state index < -0.39 is 0 Å². The summed E-state index contributed by atoms with van der Waals surface area (Å²) in [6.07, 6.45) is 2.48. The average Bonchev–Trinajstić information content (AvgIpc) is 3.14. The zero-order valence-corrected chi connectivity index (χ0v) is 14.4. The zero-order valence-electron chi connectivity index (χ0n) is 14.4. The second-order valence-corrected chi connectivity index (χ2v) is 6.20. The molecule has 2 aromatic heterocycles. The van der Waals surface area contributed by atoms with Crippen LogP contribution in [-0.2, 0) is 0 Å². The summed E-state index contributed by atoms with van der Waals surface area (Å²) in [5, 5.41) is 3.86. The van der Waals surface area contributed by atoms with E-state index in [0.717, 1.165) is 18.0 Å². The third-order valence-electron chi connectivity index (χ3n) is 4.15. The van der Waals surface area contributed by atoms with Gasteiger partial charge in [0.1, 0.15) is 17.4 Å². The van der Waals surface area contributed by atoms with Gasteiger partial charge in [0.25, 0.3) is 5.91 Å². The van der Waals surface area contributed by atoms with Crippen LogP contribution in [0, 0.1) is 13.8 Å². The van der Waals surface area contributed by atoms with Crippen LogP contribution in [0.3, 0.4) is 0 Å². The first-order valence-electron chi connectivity index (χ1n) is 7.98. The normalized spacial score (nSPS) is 17.2. The number of nitrogens with zero attached hydrogens (tertiary/aromatic N) is 4. The first-order valence-corrected chi connectivity index (χ1v) is 7.98. The molecule has 0 saturated carbocycles. The minimum atomic E-state index is -0.0450. The van der Waals surface area contributed by atoms with E-state index in [1.807, 2.05) is 31.1 Å². The molecule has 1 aliphatic heterocycles. The van der Waals surface area contributed by atoms with E-state index in [0.29, 0.717) is 30.1 Å². The molecule has 1 fully saturated rings. The Morgan fingerprint density at radius 2 is 2.21 bits per heavy atom. The molecule has 2 aromatic rings. The highest BCUT2D eigenvalue weighted by atomic mass is 16.5. The van der Waals surface area contributed by atoms with Gasteiger partial charge in [-0.05, 0) is 26.0 Å². The van der Waals surface area contributed by atoms with Gasteiger partial charge in [-0.1, -0.05) is 5.16 Å². The Balaban J connectivity index is 1.69. The Morgan fingerprint density at radius 1 is 1.42 bits per heavy atom. The first kappa shape index (κ1) is 16.3. The minimum Gasteiger partial charge on any atom is -0.485 e. The number of anilines is 1. The minimum absolute atomic E-state index is 0.0441. The number of hydrogen-bond acceptors (Lipinski definition) is 6. The molecule has 0 unspecified atom stereocenters. The predicted octanol–water partition coefficient (Wildman–Crippen LogP) is 2.05. The zero-order chi connectivity index (χ0) is 17.3. The van der Waals surface area contributed by atoms with Crippen LogP contribution in [0.1, 0.15) is 28.2 Å². The Labute approximate surface area is 141 Å². The summed E-state index contributed by atoms with van der Waals surface area (Å²) in [7, 11) is 3.86. The van der Waals surface area contributed by atoms with Gasteiger partial charge in [0, 0.05) is 33.3 Å². The van der Waals surface area contributed by atoms with E-state index in [1.165, 1.54) is 0 Å². The van der Waals surface area contributed by atoms with Crippen LogP contribution in [0.25, 0.3) is 0 Å². The quantitative estimate of drug-likeness (QED) is 0.854. The second kappa shape index (κ2) is 6.51. The number of hydrogen-bond donors (Lipinski definition) is 0. The molecule has 0 aromatic carbocycles. The summed E-state index contributed by atoms with van der Waals surface area (Å²) in [6.45, 7) is 4.75. The number of amides is 1. The molecule has 3 rings (SSSR count). The van der Waals surface area contributed by atoms with Crippen molar-refractivity contribution >= 4 is 11.7 Å². The Hall–Kier alpha value is -2.57. The molecule has 0 bridgehead atoms. The number of aromatic nitrogens is 2. The second-order valence-electron chi connectivity index (χ2n) is 6.20. The fourth-order valence-corrected chi connectivity index (χ4v) is 2.94. The summed E-state index contributed by atoms with van der Waals surface area (Å²) >= 11 is 0.